The molecule has 3 N–H and O–H groups in total. The number of sulfonamides is 1. The first-order valence-electron chi connectivity index (χ1n) is 7.23. The van der Waals surface area contributed by atoms with Crippen molar-refractivity contribution >= 4 is 22.0 Å². The maximum Gasteiger partial charge on any atom is 0.322 e. The number of pyridine rings is 1. The number of carbonyl (C=O) groups excluding carboxylic acids is 2. The zero-order valence-electron chi connectivity index (χ0n) is 12.8. The minimum Gasteiger partial charge on any atom is -0.457 e. The predicted molar refractivity (Wildman–Crippen MR) is 86.4 cm³/mol. The van der Waals surface area contributed by atoms with Crippen LogP contribution in [0.15, 0.2) is 53.7 Å². The molecule has 2 aromatic rings. The highest BCUT2D eigenvalue weighted by atomic mass is 32.2. The second kappa shape index (κ2) is 6.87. The van der Waals surface area contributed by atoms with Crippen LogP contribution in [0.5, 0.6) is 11.5 Å². The molecular formula is C15H14N4O5S. The molecule has 10 heteroatoms. The number of nitrogens with zero attached hydrogens (tertiary/aromatic N) is 1. The van der Waals surface area contributed by atoms with Crippen molar-refractivity contribution in [3.05, 3.63) is 48.8 Å². The van der Waals surface area contributed by atoms with Gasteiger partial charge in [0.2, 0.25) is 10.0 Å². The van der Waals surface area contributed by atoms with E-state index >= 15 is 0 Å². The van der Waals surface area contributed by atoms with Crippen molar-refractivity contribution in [3.63, 3.8) is 0 Å². The summed E-state index contributed by atoms with van der Waals surface area (Å²) in [6.45, 7) is -0.241. The molecule has 0 spiro atoms. The quantitative estimate of drug-likeness (QED) is 0.637. The van der Waals surface area contributed by atoms with E-state index in [1.54, 1.807) is 24.5 Å². The minimum atomic E-state index is -3.83. The Balaban J connectivity index is 1.64. The molecule has 0 aliphatic carbocycles. The lowest BCUT2D eigenvalue weighted by atomic mass is 10.3. The fourth-order valence-corrected chi connectivity index (χ4v) is 3.16. The van der Waals surface area contributed by atoms with Gasteiger partial charge in [-0.2, -0.15) is 0 Å². The van der Waals surface area contributed by atoms with Gasteiger partial charge in [0.05, 0.1) is 4.90 Å². The van der Waals surface area contributed by atoms with E-state index in [1.807, 2.05) is 5.32 Å². The van der Waals surface area contributed by atoms with E-state index in [-0.39, 0.29) is 11.4 Å². The lowest BCUT2D eigenvalue weighted by Gasteiger charge is -2.11. The van der Waals surface area contributed by atoms with E-state index < -0.39 is 28.0 Å². The van der Waals surface area contributed by atoms with Gasteiger partial charge in [0.1, 0.15) is 17.5 Å². The number of hydrogen-bond acceptors (Lipinski definition) is 6. The van der Waals surface area contributed by atoms with Crippen LogP contribution >= 0.6 is 0 Å². The standard InChI is InChI=1S/C15H14N4O5S/c20-14-13(18-15(21)19-14)9-17-25(22,23)12-3-1-10(2-4-12)24-11-5-7-16-8-6-11/h1-8,13,17H,9H2,(H2,18,19,20,21). The SMILES string of the molecule is O=C1NC(=O)C(CNS(=O)(=O)c2ccc(Oc3ccncc3)cc2)N1. The highest BCUT2D eigenvalue weighted by Crippen LogP contribution is 2.22. The van der Waals surface area contributed by atoms with Gasteiger partial charge in [0.15, 0.2) is 0 Å². The Morgan fingerprint density at radius 1 is 1.04 bits per heavy atom. The van der Waals surface area contributed by atoms with Crippen molar-refractivity contribution in [1.29, 1.82) is 0 Å². The molecule has 1 saturated heterocycles. The second-order valence-electron chi connectivity index (χ2n) is 5.12. The molecule has 0 bridgehead atoms. The first kappa shape index (κ1) is 16.9. The number of aromatic nitrogens is 1. The van der Waals surface area contributed by atoms with Crippen LogP contribution < -0.4 is 20.1 Å². The number of urea groups is 1. The Hall–Kier alpha value is -2.98. The summed E-state index contributed by atoms with van der Waals surface area (Å²) in [5.74, 6) is 0.466. The predicted octanol–water partition coefficient (Wildman–Crippen LogP) is 0.360. The summed E-state index contributed by atoms with van der Waals surface area (Å²) < 4.78 is 32.3. The normalized spacial score (nSPS) is 17.0. The van der Waals surface area contributed by atoms with E-state index in [0.29, 0.717) is 11.5 Å². The first-order chi connectivity index (χ1) is 11.9. The van der Waals surface area contributed by atoms with Gasteiger partial charge in [-0.1, -0.05) is 0 Å². The van der Waals surface area contributed by atoms with Crippen LogP contribution in [0.1, 0.15) is 0 Å². The van der Waals surface area contributed by atoms with Gasteiger partial charge in [0.25, 0.3) is 5.91 Å². The summed E-state index contributed by atoms with van der Waals surface area (Å²) in [5.41, 5.74) is 0. The number of nitrogens with one attached hydrogen (secondary N) is 3. The Morgan fingerprint density at radius 3 is 2.28 bits per heavy atom. The van der Waals surface area contributed by atoms with E-state index in [2.05, 4.69) is 15.0 Å². The molecule has 1 aromatic carbocycles. The monoisotopic (exact) mass is 362 g/mol. The third-order valence-corrected chi connectivity index (χ3v) is 4.79. The van der Waals surface area contributed by atoms with Crippen molar-refractivity contribution in [1.82, 2.24) is 20.3 Å². The number of carbonyl (C=O) groups is 2. The van der Waals surface area contributed by atoms with Crippen LogP contribution in [0.4, 0.5) is 4.79 Å². The summed E-state index contributed by atoms with van der Waals surface area (Å²) in [4.78, 5) is 26.3. The Labute approximate surface area is 143 Å². The molecule has 1 fully saturated rings. The topological polar surface area (TPSA) is 126 Å². The molecule has 0 radical (unpaired) electrons. The summed E-state index contributed by atoms with van der Waals surface area (Å²) in [6, 6.07) is 7.56. The van der Waals surface area contributed by atoms with Crippen molar-refractivity contribution in [2.75, 3.05) is 6.54 Å². The number of hydrogen-bond donors (Lipinski definition) is 3. The Kier molecular flexibility index (Phi) is 4.63. The fourth-order valence-electron chi connectivity index (χ4n) is 2.11. The largest absolute Gasteiger partial charge is 0.457 e. The fraction of sp³-hybridized carbons (Fsp3) is 0.133. The first-order valence-corrected chi connectivity index (χ1v) is 8.71. The Bertz CT molecular complexity index is 884. The molecule has 1 aromatic heterocycles. The van der Waals surface area contributed by atoms with Crippen molar-refractivity contribution < 1.29 is 22.7 Å². The summed E-state index contributed by atoms with van der Waals surface area (Å²) in [7, 11) is -3.83. The molecule has 3 amide bonds. The van der Waals surface area contributed by atoms with Crippen LogP contribution in [0, 0.1) is 0 Å². The number of rotatable bonds is 6. The van der Waals surface area contributed by atoms with Crippen molar-refractivity contribution in [2.24, 2.45) is 0 Å². The second-order valence-corrected chi connectivity index (χ2v) is 6.89. The molecule has 1 aliphatic rings. The average molecular weight is 362 g/mol. The minimum absolute atomic E-state index is 0.0132. The summed E-state index contributed by atoms with van der Waals surface area (Å²) in [6.07, 6.45) is 3.16. The number of imide groups is 1. The van der Waals surface area contributed by atoms with Gasteiger partial charge in [-0.3, -0.25) is 15.1 Å². The molecule has 2 heterocycles. The van der Waals surface area contributed by atoms with E-state index in [9.17, 15) is 18.0 Å². The molecule has 130 valence electrons. The summed E-state index contributed by atoms with van der Waals surface area (Å²) in [5, 5.41) is 4.34. The third-order valence-electron chi connectivity index (χ3n) is 3.36. The van der Waals surface area contributed by atoms with E-state index in [4.69, 9.17) is 4.74 Å². The van der Waals surface area contributed by atoms with Crippen LogP contribution in [-0.4, -0.2) is 37.9 Å². The molecule has 1 aliphatic heterocycles. The lowest BCUT2D eigenvalue weighted by molar-refractivity contribution is -0.120. The van der Waals surface area contributed by atoms with E-state index in [0.717, 1.165) is 0 Å². The molecule has 1 atom stereocenters. The molecule has 3 rings (SSSR count). The van der Waals surface area contributed by atoms with Gasteiger partial charge in [-0.25, -0.2) is 17.9 Å². The molecule has 9 nitrogen and oxygen atoms in total. The zero-order chi connectivity index (χ0) is 17.9. The van der Waals surface area contributed by atoms with Crippen LogP contribution in [-0.2, 0) is 14.8 Å². The molecule has 1 unspecified atom stereocenters. The maximum absolute atomic E-state index is 12.2. The van der Waals surface area contributed by atoms with Crippen molar-refractivity contribution in [3.8, 4) is 11.5 Å². The highest BCUT2D eigenvalue weighted by molar-refractivity contribution is 7.89. The molecule has 25 heavy (non-hydrogen) atoms. The van der Waals surface area contributed by atoms with Gasteiger partial charge in [-0.05, 0) is 36.4 Å². The maximum atomic E-state index is 12.2. The van der Waals surface area contributed by atoms with Gasteiger partial charge in [0, 0.05) is 18.9 Å². The zero-order valence-corrected chi connectivity index (χ0v) is 13.6. The highest BCUT2D eigenvalue weighted by Gasteiger charge is 2.30. The number of amides is 3. The van der Waals surface area contributed by atoms with Crippen molar-refractivity contribution in [2.45, 2.75) is 10.9 Å². The van der Waals surface area contributed by atoms with Gasteiger partial charge in [-0.15, -0.1) is 0 Å². The Morgan fingerprint density at radius 2 is 1.68 bits per heavy atom. The third kappa shape index (κ3) is 4.11. The summed E-state index contributed by atoms with van der Waals surface area (Å²) >= 11 is 0. The van der Waals surface area contributed by atoms with Crippen LogP contribution in [0.2, 0.25) is 0 Å². The van der Waals surface area contributed by atoms with Gasteiger partial charge >= 0.3 is 6.03 Å². The average Bonchev–Trinajstić information content (AvgIpc) is 2.92. The smallest absolute Gasteiger partial charge is 0.322 e. The van der Waals surface area contributed by atoms with Crippen LogP contribution in [0.25, 0.3) is 0 Å². The molecular weight excluding hydrogens is 348 g/mol. The lowest BCUT2D eigenvalue weighted by Crippen LogP contribution is -2.41. The van der Waals surface area contributed by atoms with Gasteiger partial charge < -0.3 is 10.1 Å². The van der Waals surface area contributed by atoms with E-state index in [1.165, 1.54) is 24.3 Å². The number of benzene rings is 1. The number of ether oxygens (including phenoxy) is 1. The molecule has 0 saturated carbocycles. The van der Waals surface area contributed by atoms with Crippen LogP contribution in [0.3, 0.4) is 0 Å².